The lowest BCUT2D eigenvalue weighted by atomic mass is 10.00. The molecule has 0 unspecified atom stereocenters. The molecule has 8 heteroatoms. The Hall–Kier alpha value is -3.49. The molecule has 0 bridgehead atoms. The van der Waals surface area contributed by atoms with Gasteiger partial charge in [-0.15, -0.1) is 11.3 Å². The first-order valence-corrected chi connectivity index (χ1v) is 10.2. The maximum atomic E-state index is 12.5. The van der Waals surface area contributed by atoms with Gasteiger partial charge in [-0.25, -0.2) is 0 Å². The third-order valence-corrected chi connectivity index (χ3v) is 5.27. The predicted octanol–water partition coefficient (Wildman–Crippen LogP) is 3.36. The van der Waals surface area contributed by atoms with Crippen molar-refractivity contribution >= 4 is 39.7 Å². The summed E-state index contributed by atoms with van der Waals surface area (Å²) >= 11 is 1.23. The number of amides is 3. The largest absolute Gasteiger partial charge is 0.366 e. The molecule has 3 amide bonds. The molecule has 7 nitrogen and oxygen atoms in total. The minimum Gasteiger partial charge on any atom is -0.366 e. The smallest absolute Gasteiger partial charge is 0.256 e. The van der Waals surface area contributed by atoms with Crippen LogP contribution in [0.4, 0.5) is 10.7 Å². The van der Waals surface area contributed by atoms with Gasteiger partial charge in [-0.1, -0.05) is 24.3 Å². The topological polar surface area (TPSA) is 127 Å². The van der Waals surface area contributed by atoms with E-state index in [2.05, 4.69) is 10.6 Å². The number of hydrogen-bond acceptors (Lipinski definition) is 5. The molecule has 3 aromatic rings. The molecule has 3 rings (SSSR count). The number of hydrogen-bond donors (Lipinski definition) is 4. The Bertz CT molecular complexity index is 1090. The molecule has 1 aromatic heterocycles. The van der Waals surface area contributed by atoms with Crippen LogP contribution in [0, 0.1) is 6.92 Å². The third kappa shape index (κ3) is 4.91. The molecular formula is C22H22N4O3S. The lowest BCUT2D eigenvalue weighted by molar-refractivity contribution is -0.116. The van der Waals surface area contributed by atoms with Crippen molar-refractivity contribution in [1.29, 1.82) is 0 Å². The first kappa shape index (κ1) is 21.2. The lowest BCUT2D eigenvalue weighted by Gasteiger charge is -2.13. The molecule has 0 aliphatic rings. The van der Waals surface area contributed by atoms with Crippen LogP contribution in [0.5, 0.6) is 0 Å². The molecule has 0 atom stereocenters. The zero-order valence-corrected chi connectivity index (χ0v) is 17.2. The Balaban J connectivity index is 1.82. The van der Waals surface area contributed by atoms with Crippen LogP contribution < -0.4 is 22.1 Å². The number of nitrogens with two attached hydrogens (primary N) is 2. The fourth-order valence-electron chi connectivity index (χ4n) is 2.93. The fourth-order valence-corrected chi connectivity index (χ4v) is 3.72. The van der Waals surface area contributed by atoms with Gasteiger partial charge >= 0.3 is 0 Å². The van der Waals surface area contributed by atoms with Gasteiger partial charge in [0.05, 0.1) is 5.56 Å². The summed E-state index contributed by atoms with van der Waals surface area (Å²) < 4.78 is 0. The monoisotopic (exact) mass is 422 g/mol. The maximum Gasteiger partial charge on any atom is 0.256 e. The van der Waals surface area contributed by atoms with Crippen molar-refractivity contribution in [3.05, 3.63) is 70.6 Å². The number of rotatable bonds is 7. The molecule has 0 spiro atoms. The Morgan fingerprint density at radius 2 is 1.73 bits per heavy atom. The Kier molecular flexibility index (Phi) is 6.61. The average molecular weight is 423 g/mol. The van der Waals surface area contributed by atoms with E-state index in [4.69, 9.17) is 11.5 Å². The number of aryl methyl sites for hydroxylation is 1. The number of carbonyl (C=O) groups excluding carboxylic acids is 3. The molecule has 0 saturated carbocycles. The molecule has 0 radical (unpaired) electrons. The third-order valence-electron chi connectivity index (χ3n) is 4.44. The van der Waals surface area contributed by atoms with Gasteiger partial charge in [0.25, 0.3) is 11.8 Å². The second-order valence-electron chi connectivity index (χ2n) is 6.70. The summed E-state index contributed by atoms with van der Waals surface area (Å²) in [7, 11) is 0. The highest BCUT2D eigenvalue weighted by atomic mass is 32.1. The molecule has 0 fully saturated rings. The van der Waals surface area contributed by atoms with Crippen molar-refractivity contribution < 1.29 is 14.4 Å². The van der Waals surface area contributed by atoms with E-state index in [-0.39, 0.29) is 30.3 Å². The fraction of sp³-hybridized carbons (Fsp3) is 0.136. The molecule has 1 heterocycles. The van der Waals surface area contributed by atoms with Gasteiger partial charge in [0.15, 0.2) is 0 Å². The van der Waals surface area contributed by atoms with Gasteiger partial charge in [-0.2, -0.15) is 0 Å². The van der Waals surface area contributed by atoms with Gasteiger partial charge in [0.1, 0.15) is 5.00 Å². The Morgan fingerprint density at radius 3 is 2.40 bits per heavy atom. The standard InChI is InChI=1S/C22H22N4O3S/c1-13-2-7-16(18(12-13)25-19(27)8-10-23)14-3-5-15(6-4-14)21(29)26-22-17(20(24)28)9-11-30-22/h2-7,9,11-12H,8,10,23H2,1H3,(H2,24,28)(H,25,27)(H,26,29). The summed E-state index contributed by atoms with van der Waals surface area (Å²) in [6.45, 7) is 2.22. The van der Waals surface area contributed by atoms with Crippen LogP contribution >= 0.6 is 11.3 Å². The van der Waals surface area contributed by atoms with Gasteiger partial charge < -0.3 is 22.1 Å². The molecular weight excluding hydrogens is 400 g/mol. The minimum absolute atomic E-state index is 0.151. The molecule has 0 aliphatic carbocycles. The normalized spacial score (nSPS) is 10.5. The highest BCUT2D eigenvalue weighted by molar-refractivity contribution is 7.14. The zero-order chi connectivity index (χ0) is 21.7. The number of anilines is 2. The second-order valence-corrected chi connectivity index (χ2v) is 7.61. The number of benzene rings is 2. The van der Waals surface area contributed by atoms with Crippen molar-refractivity contribution in [1.82, 2.24) is 0 Å². The molecule has 30 heavy (non-hydrogen) atoms. The lowest BCUT2D eigenvalue weighted by Crippen LogP contribution is -2.17. The number of carbonyl (C=O) groups is 3. The zero-order valence-electron chi connectivity index (χ0n) is 16.4. The van der Waals surface area contributed by atoms with Crippen LogP contribution in [-0.4, -0.2) is 24.3 Å². The van der Waals surface area contributed by atoms with Crippen LogP contribution in [-0.2, 0) is 4.79 Å². The molecule has 154 valence electrons. The number of nitrogens with one attached hydrogen (secondary N) is 2. The van der Waals surface area contributed by atoms with Gasteiger partial charge in [0, 0.05) is 29.8 Å². The first-order chi connectivity index (χ1) is 14.4. The summed E-state index contributed by atoms with van der Waals surface area (Å²) in [4.78, 5) is 36.0. The molecule has 2 aromatic carbocycles. The Labute approximate surface area is 178 Å². The summed E-state index contributed by atoms with van der Waals surface area (Å²) in [5, 5.41) is 7.72. The highest BCUT2D eigenvalue weighted by Crippen LogP contribution is 2.30. The van der Waals surface area contributed by atoms with E-state index >= 15 is 0 Å². The van der Waals surface area contributed by atoms with E-state index in [1.54, 1.807) is 23.6 Å². The van der Waals surface area contributed by atoms with Crippen molar-refractivity contribution in [3.8, 4) is 11.1 Å². The quantitative estimate of drug-likeness (QED) is 0.465. The first-order valence-electron chi connectivity index (χ1n) is 9.28. The van der Waals surface area contributed by atoms with E-state index in [1.807, 2.05) is 37.3 Å². The van der Waals surface area contributed by atoms with Crippen molar-refractivity contribution in [2.75, 3.05) is 17.2 Å². The van der Waals surface area contributed by atoms with Gasteiger partial charge in [0.2, 0.25) is 5.91 Å². The molecule has 0 saturated heterocycles. The number of thiophene rings is 1. The van der Waals surface area contributed by atoms with E-state index in [0.29, 0.717) is 16.3 Å². The predicted molar refractivity (Wildman–Crippen MR) is 120 cm³/mol. The summed E-state index contributed by atoms with van der Waals surface area (Å²) in [5.74, 6) is -1.08. The van der Waals surface area contributed by atoms with Crippen LogP contribution in [0.1, 0.15) is 32.7 Å². The maximum absolute atomic E-state index is 12.5. The van der Waals surface area contributed by atoms with E-state index in [1.165, 1.54) is 11.3 Å². The minimum atomic E-state index is -0.592. The van der Waals surface area contributed by atoms with Crippen molar-refractivity contribution in [3.63, 3.8) is 0 Å². The Morgan fingerprint density at radius 1 is 1.00 bits per heavy atom. The van der Waals surface area contributed by atoms with Crippen LogP contribution in [0.3, 0.4) is 0 Å². The second kappa shape index (κ2) is 9.34. The average Bonchev–Trinajstić information content (AvgIpc) is 3.17. The van der Waals surface area contributed by atoms with Crippen molar-refractivity contribution in [2.45, 2.75) is 13.3 Å². The SMILES string of the molecule is Cc1ccc(-c2ccc(C(=O)Nc3sccc3C(N)=O)cc2)c(NC(=O)CCN)c1. The van der Waals surface area contributed by atoms with Crippen LogP contribution in [0.15, 0.2) is 53.9 Å². The van der Waals surface area contributed by atoms with E-state index in [9.17, 15) is 14.4 Å². The van der Waals surface area contributed by atoms with Crippen molar-refractivity contribution in [2.24, 2.45) is 11.5 Å². The van der Waals surface area contributed by atoms with Gasteiger partial charge in [-0.05, 0) is 47.7 Å². The summed E-state index contributed by atoms with van der Waals surface area (Å²) in [6.07, 6.45) is 0.239. The van der Waals surface area contributed by atoms with E-state index in [0.717, 1.165) is 16.7 Å². The van der Waals surface area contributed by atoms with Crippen LogP contribution in [0.2, 0.25) is 0 Å². The van der Waals surface area contributed by atoms with E-state index < -0.39 is 5.91 Å². The highest BCUT2D eigenvalue weighted by Gasteiger charge is 2.14. The number of primary amides is 1. The molecule has 0 aliphatic heterocycles. The van der Waals surface area contributed by atoms with Gasteiger partial charge in [-0.3, -0.25) is 14.4 Å². The molecule has 6 N–H and O–H groups in total. The van der Waals surface area contributed by atoms with Crippen LogP contribution in [0.25, 0.3) is 11.1 Å². The summed E-state index contributed by atoms with van der Waals surface area (Å²) in [5.41, 5.74) is 14.9. The summed E-state index contributed by atoms with van der Waals surface area (Å²) in [6, 6.07) is 14.3.